The van der Waals surface area contributed by atoms with Crippen molar-refractivity contribution in [3.8, 4) is 11.1 Å². The fraction of sp³-hybridized carbons (Fsp3) is 0.208. The highest BCUT2D eigenvalue weighted by Crippen LogP contribution is 2.25. The van der Waals surface area contributed by atoms with Crippen LogP contribution in [0, 0.1) is 0 Å². The number of likely N-dealkylation sites (N-methyl/N-ethyl adjacent to an activating group) is 1. The summed E-state index contributed by atoms with van der Waals surface area (Å²) < 4.78 is 0. The van der Waals surface area contributed by atoms with E-state index >= 15 is 0 Å². The molecule has 0 saturated carbocycles. The molecule has 28 heavy (non-hydrogen) atoms. The number of benzene rings is 3. The van der Waals surface area contributed by atoms with Crippen molar-refractivity contribution in [2.75, 3.05) is 43.4 Å². The largest absolute Gasteiger partial charge is 0.369 e. The lowest BCUT2D eigenvalue weighted by atomic mass is 10.0. The van der Waals surface area contributed by atoms with Crippen LogP contribution in [0.3, 0.4) is 0 Å². The Kier molecular flexibility index (Phi) is 5.40. The molecule has 4 heteroatoms. The summed E-state index contributed by atoms with van der Waals surface area (Å²) in [5.41, 5.74) is 4.88. The second-order valence-electron chi connectivity index (χ2n) is 7.24. The standard InChI is InChI=1S/C24H25N3O/c1-26-14-16-27(17-15-26)23-12-10-19(11-13-23)20-6-5-7-21(18-20)24(28)25-22-8-3-2-4-9-22/h2-13,18H,14-17H2,1H3,(H,25,28). The quantitative estimate of drug-likeness (QED) is 0.740. The van der Waals surface area contributed by atoms with Crippen molar-refractivity contribution in [2.24, 2.45) is 0 Å². The van der Waals surface area contributed by atoms with E-state index in [4.69, 9.17) is 0 Å². The average molecular weight is 371 g/mol. The van der Waals surface area contributed by atoms with Crippen molar-refractivity contribution >= 4 is 17.3 Å². The first-order chi connectivity index (χ1) is 13.7. The van der Waals surface area contributed by atoms with E-state index in [0.29, 0.717) is 5.56 Å². The molecule has 1 amide bonds. The molecule has 4 nitrogen and oxygen atoms in total. The van der Waals surface area contributed by atoms with Crippen LogP contribution in [0.2, 0.25) is 0 Å². The molecule has 0 radical (unpaired) electrons. The van der Waals surface area contributed by atoms with Crippen LogP contribution < -0.4 is 10.2 Å². The highest BCUT2D eigenvalue weighted by molar-refractivity contribution is 6.04. The summed E-state index contributed by atoms with van der Waals surface area (Å²) in [7, 11) is 2.17. The maximum absolute atomic E-state index is 12.6. The Morgan fingerprint density at radius 1 is 0.786 bits per heavy atom. The second-order valence-corrected chi connectivity index (χ2v) is 7.24. The Hall–Kier alpha value is -3.11. The van der Waals surface area contributed by atoms with Gasteiger partial charge in [-0.3, -0.25) is 4.79 Å². The fourth-order valence-electron chi connectivity index (χ4n) is 3.49. The SMILES string of the molecule is CN1CCN(c2ccc(-c3cccc(C(=O)Nc4ccccc4)c3)cc2)CC1. The molecule has 3 aromatic carbocycles. The Balaban J connectivity index is 1.49. The van der Waals surface area contributed by atoms with Gasteiger partial charge in [-0.2, -0.15) is 0 Å². The zero-order valence-electron chi connectivity index (χ0n) is 16.1. The molecule has 3 aromatic rings. The van der Waals surface area contributed by atoms with Crippen molar-refractivity contribution in [1.82, 2.24) is 4.90 Å². The van der Waals surface area contributed by atoms with Crippen molar-refractivity contribution in [1.29, 1.82) is 0 Å². The number of anilines is 2. The van der Waals surface area contributed by atoms with Gasteiger partial charge >= 0.3 is 0 Å². The number of hydrogen-bond donors (Lipinski definition) is 1. The summed E-state index contributed by atoms with van der Waals surface area (Å²) in [5, 5.41) is 2.94. The maximum Gasteiger partial charge on any atom is 0.255 e. The predicted octanol–water partition coefficient (Wildman–Crippen LogP) is 4.36. The topological polar surface area (TPSA) is 35.6 Å². The lowest BCUT2D eigenvalue weighted by molar-refractivity contribution is 0.102. The molecule has 0 aliphatic carbocycles. The molecule has 1 aliphatic rings. The van der Waals surface area contributed by atoms with Crippen LogP contribution in [-0.4, -0.2) is 44.0 Å². The number of rotatable bonds is 4. The third-order valence-electron chi connectivity index (χ3n) is 5.23. The monoisotopic (exact) mass is 371 g/mol. The Bertz CT molecular complexity index is 930. The average Bonchev–Trinajstić information content (AvgIpc) is 2.75. The Morgan fingerprint density at radius 3 is 2.21 bits per heavy atom. The van der Waals surface area contributed by atoms with Gasteiger partial charge in [0.25, 0.3) is 5.91 Å². The van der Waals surface area contributed by atoms with Crippen molar-refractivity contribution in [3.05, 3.63) is 84.4 Å². The first kappa shape index (κ1) is 18.3. The molecule has 0 atom stereocenters. The van der Waals surface area contributed by atoms with Gasteiger partial charge in [0, 0.05) is 43.1 Å². The molecule has 1 N–H and O–H groups in total. The second kappa shape index (κ2) is 8.28. The van der Waals surface area contributed by atoms with Gasteiger partial charge in [-0.15, -0.1) is 0 Å². The summed E-state index contributed by atoms with van der Waals surface area (Å²) in [4.78, 5) is 17.3. The molecule has 1 aliphatic heterocycles. The summed E-state index contributed by atoms with van der Waals surface area (Å²) in [6.45, 7) is 4.32. The van der Waals surface area contributed by atoms with Gasteiger partial charge in [0.1, 0.15) is 0 Å². The summed E-state index contributed by atoms with van der Waals surface area (Å²) in [6, 6.07) is 25.9. The van der Waals surface area contributed by atoms with Gasteiger partial charge < -0.3 is 15.1 Å². The van der Waals surface area contributed by atoms with Crippen molar-refractivity contribution in [2.45, 2.75) is 0 Å². The van der Waals surface area contributed by atoms with E-state index in [1.165, 1.54) is 5.69 Å². The van der Waals surface area contributed by atoms with Gasteiger partial charge in [0.2, 0.25) is 0 Å². The number of carbonyl (C=O) groups excluding carboxylic acids is 1. The number of amides is 1. The number of nitrogens with zero attached hydrogens (tertiary/aromatic N) is 2. The van der Waals surface area contributed by atoms with E-state index in [9.17, 15) is 4.79 Å². The first-order valence-electron chi connectivity index (χ1n) is 9.69. The van der Waals surface area contributed by atoms with Gasteiger partial charge in [-0.25, -0.2) is 0 Å². The molecular weight excluding hydrogens is 346 g/mol. The highest BCUT2D eigenvalue weighted by atomic mass is 16.1. The normalized spacial score (nSPS) is 14.7. The molecule has 1 fully saturated rings. The molecule has 142 valence electrons. The lowest BCUT2D eigenvalue weighted by Gasteiger charge is -2.34. The van der Waals surface area contributed by atoms with Gasteiger partial charge in [-0.05, 0) is 54.6 Å². The van der Waals surface area contributed by atoms with Crippen molar-refractivity contribution < 1.29 is 4.79 Å². The minimum absolute atomic E-state index is 0.0953. The third-order valence-corrected chi connectivity index (χ3v) is 5.23. The van der Waals surface area contributed by atoms with Gasteiger partial charge in [-0.1, -0.05) is 42.5 Å². The van der Waals surface area contributed by atoms with E-state index < -0.39 is 0 Å². The zero-order chi connectivity index (χ0) is 19.3. The van der Waals surface area contributed by atoms with Gasteiger partial charge in [0.15, 0.2) is 0 Å². The molecule has 1 heterocycles. The Labute approximate surface area is 166 Å². The maximum atomic E-state index is 12.6. The van der Waals surface area contributed by atoms with Crippen LogP contribution in [0.25, 0.3) is 11.1 Å². The van der Waals surface area contributed by atoms with Crippen LogP contribution in [-0.2, 0) is 0 Å². The van der Waals surface area contributed by atoms with Crippen LogP contribution in [0.4, 0.5) is 11.4 Å². The summed E-state index contributed by atoms with van der Waals surface area (Å²) in [5.74, 6) is -0.0953. The number of carbonyl (C=O) groups is 1. The zero-order valence-corrected chi connectivity index (χ0v) is 16.1. The fourth-order valence-corrected chi connectivity index (χ4v) is 3.49. The van der Waals surface area contributed by atoms with E-state index in [2.05, 4.69) is 46.4 Å². The van der Waals surface area contributed by atoms with E-state index in [-0.39, 0.29) is 5.91 Å². The third kappa shape index (κ3) is 4.24. The van der Waals surface area contributed by atoms with Crippen LogP contribution >= 0.6 is 0 Å². The summed E-state index contributed by atoms with van der Waals surface area (Å²) in [6.07, 6.45) is 0. The highest BCUT2D eigenvalue weighted by Gasteiger charge is 2.14. The molecule has 0 aromatic heterocycles. The van der Waals surface area contributed by atoms with Gasteiger partial charge in [0.05, 0.1) is 0 Å². The molecule has 4 rings (SSSR count). The molecule has 1 saturated heterocycles. The first-order valence-corrected chi connectivity index (χ1v) is 9.69. The van der Waals surface area contributed by atoms with E-state index in [1.807, 2.05) is 54.6 Å². The number of hydrogen-bond acceptors (Lipinski definition) is 3. The Morgan fingerprint density at radius 2 is 1.50 bits per heavy atom. The minimum Gasteiger partial charge on any atom is -0.369 e. The molecular formula is C24H25N3O. The number of piperazine rings is 1. The van der Waals surface area contributed by atoms with E-state index in [1.54, 1.807) is 0 Å². The van der Waals surface area contributed by atoms with E-state index in [0.717, 1.165) is 43.0 Å². The van der Waals surface area contributed by atoms with Crippen LogP contribution in [0.1, 0.15) is 10.4 Å². The lowest BCUT2D eigenvalue weighted by Crippen LogP contribution is -2.44. The molecule has 0 bridgehead atoms. The minimum atomic E-state index is -0.0953. The number of nitrogens with one attached hydrogen (secondary N) is 1. The van der Waals surface area contributed by atoms with Crippen molar-refractivity contribution in [3.63, 3.8) is 0 Å². The summed E-state index contributed by atoms with van der Waals surface area (Å²) >= 11 is 0. The van der Waals surface area contributed by atoms with Crippen LogP contribution in [0.15, 0.2) is 78.9 Å². The molecule has 0 unspecified atom stereocenters. The predicted molar refractivity (Wildman–Crippen MR) is 116 cm³/mol. The van der Waals surface area contributed by atoms with Crippen LogP contribution in [0.5, 0.6) is 0 Å². The number of para-hydroxylation sites is 1. The smallest absolute Gasteiger partial charge is 0.255 e. The molecule has 0 spiro atoms.